The monoisotopic (exact) mass is 370 g/mol. The summed E-state index contributed by atoms with van der Waals surface area (Å²) in [6, 6.07) is 1.27. The number of carbonyl (C=O) groups excluding carboxylic acids is 1. The van der Waals surface area contributed by atoms with E-state index < -0.39 is 5.82 Å². The molecule has 1 unspecified atom stereocenters. The number of nitrogens with zero attached hydrogens (tertiary/aromatic N) is 3. The average molecular weight is 370 g/mol. The number of aromatic amines is 1. The Kier molecular flexibility index (Phi) is 4.68. The lowest BCUT2D eigenvalue weighted by molar-refractivity contribution is 0.110. The third-order valence-electron chi connectivity index (χ3n) is 4.44. The lowest BCUT2D eigenvalue weighted by atomic mass is 9.98. The molecule has 0 spiro atoms. The summed E-state index contributed by atoms with van der Waals surface area (Å²) in [7, 11) is 0. The highest BCUT2D eigenvalue weighted by atomic mass is 19.1. The predicted molar refractivity (Wildman–Crippen MR) is 97.7 cm³/mol. The quantitative estimate of drug-likeness (QED) is 0.654. The van der Waals surface area contributed by atoms with Crippen LogP contribution in [0.15, 0.2) is 24.8 Å². The molecule has 3 N–H and O–H groups in total. The summed E-state index contributed by atoms with van der Waals surface area (Å²) in [5.74, 6) is -0.156. The number of aromatic nitrogens is 4. The summed E-state index contributed by atoms with van der Waals surface area (Å²) < 4.78 is 21.2. The van der Waals surface area contributed by atoms with Gasteiger partial charge in [0.1, 0.15) is 12.1 Å². The number of hydrogen-bond donors (Lipinski definition) is 3. The molecule has 0 radical (unpaired) electrons. The number of hydrogen-bond acceptors (Lipinski definition) is 5. The topological polar surface area (TPSA) is 105 Å². The van der Waals surface area contributed by atoms with Crippen LogP contribution in [0.25, 0.3) is 22.2 Å². The van der Waals surface area contributed by atoms with Crippen LogP contribution in [0.2, 0.25) is 0 Å². The summed E-state index contributed by atoms with van der Waals surface area (Å²) in [6.45, 7) is 2.88. The summed E-state index contributed by atoms with van der Waals surface area (Å²) in [6.07, 6.45) is 5.70. The SMILES string of the molecule is CCNC(=O)Nc1nc2c(C3CCCO3)c(F)c(-c3cncnc3)cc2[nH]1. The number of benzene rings is 1. The Hall–Kier alpha value is -3.07. The van der Waals surface area contributed by atoms with Crippen molar-refractivity contribution >= 4 is 23.0 Å². The zero-order valence-corrected chi connectivity index (χ0v) is 14.8. The Morgan fingerprint density at radius 3 is 2.93 bits per heavy atom. The highest BCUT2D eigenvalue weighted by molar-refractivity contribution is 5.92. The molecule has 1 aliphatic heterocycles. The summed E-state index contributed by atoms with van der Waals surface area (Å²) >= 11 is 0. The van der Waals surface area contributed by atoms with Crippen molar-refractivity contribution in [3.05, 3.63) is 36.2 Å². The Morgan fingerprint density at radius 1 is 1.41 bits per heavy atom. The fourth-order valence-corrected chi connectivity index (χ4v) is 3.27. The first-order valence-corrected chi connectivity index (χ1v) is 8.81. The Labute approximate surface area is 154 Å². The molecule has 140 valence electrons. The Bertz CT molecular complexity index is 969. The first kappa shape index (κ1) is 17.3. The van der Waals surface area contributed by atoms with Crippen LogP contribution in [0, 0.1) is 5.82 Å². The second-order valence-corrected chi connectivity index (χ2v) is 6.25. The van der Waals surface area contributed by atoms with Gasteiger partial charge in [0.15, 0.2) is 0 Å². The van der Waals surface area contributed by atoms with Gasteiger partial charge in [-0.15, -0.1) is 0 Å². The van der Waals surface area contributed by atoms with E-state index in [-0.39, 0.29) is 18.1 Å². The van der Waals surface area contributed by atoms with E-state index in [2.05, 4.69) is 30.6 Å². The van der Waals surface area contributed by atoms with Crippen LogP contribution < -0.4 is 10.6 Å². The second-order valence-electron chi connectivity index (χ2n) is 6.25. The Balaban J connectivity index is 1.85. The molecule has 2 amide bonds. The lowest BCUT2D eigenvalue weighted by Gasteiger charge is -2.14. The molecule has 8 nitrogen and oxygen atoms in total. The van der Waals surface area contributed by atoms with Gasteiger partial charge in [0, 0.05) is 42.2 Å². The van der Waals surface area contributed by atoms with Gasteiger partial charge in [-0.3, -0.25) is 5.32 Å². The van der Waals surface area contributed by atoms with Gasteiger partial charge in [-0.25, -0.2) is 24.1 Å². The fourth-order valence-electron chi connectivity index (χ4n) is 3.27. The molecule has 9 heteroatoms. The van der Waals surface area contributed by atoms with Gasteiger partial charge in [-0.05, 0) is 25.8 Å². The molecule has 3 heterocycles. The van der Waals surface area contributed by atoms with Gasteiger partial charge in [0.05, 0.1) is 17.1 Å². The fraction of sp³-hybridized carbons (Fsp3) is 0.333. The van der Waals surface area contributed by atoms with Gasteiger partial charge < -0.3 is 15.0 Å². The van der Waals surface area contributed by atoms with Crippen LogP contribution in [0.5, 0.6) is 0 Å². The maximum Gasteiger partial charge on any atom is 0.321 e. The summed E-state index contributed by atoms with van der Waals surface area (Å²) in [4.78, 5) is 27.2. The first-order valence-electron chi connectivity index (χ1n) is 8.81. The molecule has 27 heavy (non-hydrogen) atoms. The minimum absolute atomic E-state index is 0.246. The van der Waals surface area contributed by atoms with Crippen molar-refractivity contribution in [2.75, 3.05) is 18.5 Å². The molecule has 4 rings (SSSR count). The van der Waals surface area contributed by atoms with Crippen LogP contribution in [0.4, 0.5) is 15.1 Å². The van der Waals surface area contributed by atoms with Crippen molar-refractivity contribution in [3.8, 4) is 11.1 Å². The van der Waals surface area contributed by atoms with Crippen LogP contribution in [0.3, 0.4) is 0 Å². The lowest BCUT2D eigenvalue weighted by Crippen LogP contribution is -2.28. The number of fused-ring (bicyclic) bond motifs is 1. The number of rotatable bonds is 4. The summed E-state index contributed by atoms with van der Waals surface area (Å²) in [5.41, 5.74) is 2.37. The number of nitrogens with one attached hydrogen (secondary N) is 3. The van der Waals surface area contributed by atoms with Gasteiger partial charge in [0.2, 0.25) is 5.95 Å². The molecule has 1 atom stereocenters. The molecule has 2 aromatic heterocycles. The molecule has 3 aromatic rings. The molecule has 0 saturated carbocycles. The van der Waals surface area contributed by atoms with Crippen molar-refractivity contribution in [2.24, 2.45) is 0 Å². The van der Waals surface area contributed by atoms with Crippen LogP contribution in [0.1, 0.15) is 31.4 Å². The molecular weight excluding hydrogens is 351 g/mol. The highest BCUT2D eigenvalue weighted by Gasteiger charge is 2.28. The van der Waals surface area contributed by atoms with Crippen molar-refractivity contribution in [1.82, 2.24) is 25.3 Å². The molecule has 0 bridgehead atoms. The van der Waals surface area contributed by atoms with E-state index in [0.717, 1.165) is 6.42 Å². The zero-order chi connectivity index (χ0) is 18.8. The molecule has 0 aliphatic carbocycles. The second kappa shape index (κ2) is 7.28. The standard InChI is InChI=1S/C18H19FN6O2/c1-2-22-18(26)25-17-23-12-6-11(10-7-20-9-21-8-10)15(19)14(16(12)24-17)13-4-3-5-27-13/h6-9,13H,2-5H2,1H3,(H3,22,23,24,25,26). The predicted octanol–water partition coefficient (Wildman–Crippen LogP) is 3.15. The maximum absolute atomic E-state index is 15.4. The molecule has 1 saturated heterocycles. The van der Waals surface area contributed by atoms with Crippen molar-refractivity contribution in [1.29, 1.82) is 0 Å². The van der Waals surface area contributed by atoms with Gasteiger partial charge in [-0.1, -0.05) is 0 Å². The minimum atomic E-state index is -0.403. The number of amides is 2. The molecular formula is C18H19FN6O2. The minimum Gasteiger partial charge on any atom is -0.373 e. The van der Waals surface area contributed by atoms with E-state index in [0.29, 0.717) is 47.3 Å². The maximum atomic E-state index is 15.4. The first-order chi connectivity index (χ1) is 13.2. The number of anilines is 1. The van der Waals surface area contributed by atoms with Crippen molar-refractivity contribution in [3.63, 3.8) is 0 Å². The normalized spacial score (nSPS) is 16.6. The van der Waals surface area contributed by atoms with E-state index in [1.54, 1.807) is 18.5 Å². The average Bonchev–Trinajstić information content (AvgIpc) is 3.32. The number of imidazole rings is 1. The number of urea groups is 1. The highest BCUT2D eigenvalue weighted by Crippen LogP contribution is 2.39. The van der Waals surface area contributed by atoms with Crippen molar-refractivity contribution < 1.29 is 13.9 Å². The number of ether oxygens (including phenoxy) is 1. The number of H-pyrrole nitrogens is 1. The zero-order valence-electron chi connectivity index (χ0n) is 14.8. The third kappa shape index (κ3) is 3.33. The third-order valence-corrected chi connectivity index (χ3v) is 4.44. The van der Waals surface area contributed by atoms with Crippen LogP contribution >= 0.6 is 0 Å². The van der Waals surface area contributed by atoms with E-state index in [1.165, 1.54) is 6.33 Å². The molecule has 1 aliphatic rings. The van der Waals surface area contributed by atoms with E-state index >= 15 is 4.39 Å². The smallest absolute Gasteiger partial charge is 0.321 e. The van der Waals surface area contributed by atoms with Gasteiger partial charge in [-0.2, -0.15) is 0 Å². The van der Waals surface area contributed by atoms with Crippen molar-refractivity contribution in [2.45, 2.75) is 25.9 Å². The number of halogens is 1. The largest absolute Gasteiger partial charge is 0.373 e. The van der Waals surface area contributed by atoms with Crippen LogP contribution in [-0.2, 0) is 4.74 Å². The summed E-state index contributed by atoms with van der Waals surface area (Å²) in [5, 5.41) is 5.26. The van der Waals surface area contributed by atoms with Gasteiger partial charge >= 0.3 is 6.03 Å². The van der Waals surface area contributed by atoms with Crippen LogP contribution in [-0.4, -0.2) is 39.1 Å². The molecule has 1 aromatic carbocycles. The van der Waals surface area contributed by atoms with E-state index in [1.807, 2.05) is 6.92 Å². The van der Waals surface area contributed by atoms with E-state index in [9.17, 15) is 4.79 Å². The number of carbonyl (C=O) groups is 1. The van der Waals surface area contributed by atoms with E-state index in [4.69, 9.17) is 4.74 Å². The molecule has 1 fully saturated rings. The van der Waals surface area contributed by atoms with Gasteiger partial charge in [0.25, 0.3) is 0 Å². The Morgan fingerprint density at radius 2 is 2.22 bits per heavy atom.